The summed E-state index contributed by atoms with van der Waals surface area (Å²) in [7, 11) is 0. The van der Waals surface area contributed by atoms with E-state index in [0.717, 1.165) is 5.56 Å². The van der Waals surface area contributed by atoms with Crippen molar-refractivity contribution in [3.05, 3.63) is 35.9 Å². The molecule has 3 heteroatoms. The first-order chi connectivity index (χ1) is 9.63. The topological polar surface area (TPSA) is 60.7 Å². The Morgan fingerprint density at radius 3 is 2.35 bits per heavy atom. The quantitative estimate of drug-likeness (QED) is 0.704. The average Bonchev–Trinajstić information content (AvgIpc) is 2.47. The third-order valence-electron chi connectivity index (χ3n) is 2.82. The van der Waals surface area contributed by atoms with Crippen LogP contribution in [0.2, 0.25) is 0 Å². The molecule has 20 heavy (non-hydrogen) atoms. The molecule has 0 bridgehead atoms. The second kappa shape index (κ2) is 9.18. The van der Waals surface area contributed by atoms with Gasteiger partial charge in [-0.05, 0) is 23.8 Å². The molecule has 0 fully saturated rings. The molecule has 0 amide bonds. The lowest BCUT2D eigenvalue weighted by atomic mass is 10.0. The van der Waals surface area contributed by atoms with Crippen molar-refractivity contribution in [1.82, 2.24) is 0 Å². The van der Waals surface area contributed by atoms with Gasteiger partial charge in [-0.15, -0.1) is 0 Å². The molecule has 0 saturated heterocycles. The van der Waals surface area contributed by atoms with Crippen molar-refractivity contribution in [3.8, 4) is 23.7 Å². The van der Waals surface area contributed by atoms with Crippen LogP contribution in [0, 0.1) is 23.7 Å². The molecule has 0 aromatic heterocycles. The predicted molar refractivity (Wildman–Crippen MR) is 78.6 cm³/mol. The van der Waals surface area contributed by atoms with Crippen LogP contribution in [0.15, 0.2) is 30.3 Å². The van der Waals surface area contributed by atoms with Crippen molar-refractivity contribution in [2.24, 2.45) is 0 Å². The summed E-state index contributed by atoms with van der Waals surface area (Å²) < 4.78 is 0. The lowest BCUT2D eigenvalue weighted by Crippen LogP contribution is -2.27. The number of hydrogen-bond donors (Lipinski definition) is 3. The van der Waals surface area contributed by atoms with Gasteiger partial charge in [0.25, 0.3) is 0 Å². The van der Waals surface area contributed by atoms with Gasteiger partial charge in [-0.25, -0.2) is 0 Å². The Balaban J connectivity index is 2.40. The van der Waals surface area contributed by atoms with E-state index >= 15 is 0 Å². The Bertz CT molecular complexity index is 502. The van der Waals surface area contributed by atoms with E-state index < -0.39 is 18.3 Å². The molecule has 0 radical (unpaired) electrons. The molecule has 3 atom stereocenters. The molecule has 0 aliphatic rings. The first kappa shape index (κ1) is 16.3. The standard InChI is InChI=1S/C17H20O3/c1-2-15(18)11-7-4-8-12-16(19)17(20)13-14-9-5-3-6-10-14/h3,5-6,9-10,15-20H,2,12-13H2,1H3/t15-,16+,17+/m0/s1. The molecule has 0 spiro atoms. The van der Waals surface area contributed by atoms with Crippen molar-refractivity contribution < 1.29 is 15.3 Å². The number of aliphatic hydroxyl groups is 3. The largest absolute Gasteiger partial charge is 0.390 e. The molecule has 0 aliphatic heterocycles. The summed E-state index contributed by atoms with van der Waals surface area (Å²) in [5.41, 5.74) is 0.970. The summed E-state index contributed by atoms with van der Waals surface area (Å²) in [5.74, 6) is 10.3. The van der Waals surface area contributed by atoms with E-state index in [4.69, 9.17) is 0 Å². The van der Waals surface area contributed by atoms with Crippen molar-refractivity contribution in [3.63, 3.8) is 0 Å². The first-order valence-electron chi connectivity index (χ1n) is 6.70. The number of aliphatic hydroxyl groups excluding tert-OH is 3. The maximum Gasteiger partial charge on any atom is 0.115 e. The van der Waals surface area contributed by atoms with Crippen LogP contribution in [0.1, 0.15) is 25.3 Å². The molecule has 0 heterocycles. The van der Waals surface area contributed by atoms with E-state index in [1.165, 1.54) is 0 Å². The van der Waals surface area contributed by atoms with Gasteiger partial charge in [0.05, 0.1) is 12.2 Å². The van der Waals surface area contributed by atoms with Gasteiger partial charge < -0.3 is 15.3 Å². The van der Waals surface area contributed by atoms with Crippen LogP contribution in [0.4, 0.5) is 0 Å². The van der Waals surface area contributed by atoms with Gasteiger partial charge in [0.2, 0.25) is 0 Å². The van der Waals surface area contributed by atoms with Crippen LogP contribution in [-0.4, -0.2) is 33.6 Å². The van der Waals surface area contributed by atoms with Gasteiger partial charge >= 0.3 is 0 Å². The molecule has 1 rings (SSSR count). The lowest BCUT2D eigenvalue weighted by Gasteiger charge is -2.15. The fraction of sp³-hybridized carbons (Fsp3) is 0.412. The highest BCUT2D eigenvalue weighted by Gasteiger charge is 2.15. The average molecular weight is 272 g/mol. The van der Waals surface area contributed by atoms with Gasteiger partial charge in [0.1, 0.15) is 6.10 Å². The highest BCUT2D eigenvalue weighted by Crippen LogP contribution is 2.07. The van der Waals surface area contributed by atoms with Crippen molar-refractivity contribution in [1.29, 1.82) is 0 Å². The SMILES string of the molecule is CC[C@H](O)C#CC#CC[C@@H](O)[C@H](O)Cc1ccccc1. The van der Waals surface area contributed by atoms with Crippen molar-refractivity contribution in [2.75, 3.05) is 0 Å². The number of rotatable bonds is 5. The second-order valence-electron chi connectivity index (χ2n) is 4.52. The van der Waals surface area contributed by atoms with Crippen molar-refractivity contribution in [2.45, 2.75) is 44.5 Å². The molecule has 1 aromatic rings. The number of benzene rings is 1. The van der Waals surface area contributed by atoms with E-state index in [9.17, 15) is 15.3 Å². The molecule has 3 N–H and O–H groups in total. The summed E-state index contributed by atoms with van der Waals surface area (Å²) in [6, 6.07) is 9.49. The third-order valence-corrected chi connectivity index (χ3v) is 2.82. The minimum absolute atomic E-state index is 0.158. The van der Waals surface area contributed by atoms with Crippen LogP contribution >= 0.6 is 0 Å². The molecular weight excluding hydrogens is 252 g/mol. The highest BCUT2D eigenvalue weighted by molar-refractivity contribution is 5.27. The van der Waals surface area contributed by atoms with Crippen LogP contribution < -0.4 is 0 Å². The predicted octanol–water partition coefficient (Wildman–Crippen LogP) is 1.12. The van der Waals surface area contributed by atoms with Crippen LogP contribution in [0.5, 0.6) is 0 Å². The Morgan fingerprint density at radius 1 is 1.00 bits per heavy atom. The van der Waals surface area contributed by atoms with Gasteiger partial charge in [-0.3, -0.25) is 0 Å². The minimum Gasteiger partial charge on any atom is -0.390 e. The van der Waals surface area contributed by atoms with E-state index in [0.29, 0.717) is 12.8 Å². The molecule has 0 aliphatic carbocycles. The third kappa shape index (κ3) is 6.41. The number of hydrogen-bond acceptors (Lipinski definition) is 3. The second-order valence-corrected chi connectivity index (χ2v) is 4.52. The lowest BCUT2D eigenvalue weighted by molar-refractivity contribution is 0.0235. The summed E-state index contributed by atoms with van der Waals surface area (Å²) in [4.78, 5) is 0. The van der Waals surface area contributed by atoms with Crippen LogP contribution in [0.25, 0.3) is 0 Å². The van der Waals surface area contributed by atoms with Gasteiger partial charge in [-0.1, -0.05) is 49.1 Å². The minimum atomic E-state index is -0.902. The Labute approximate surface area is 120 Å². The normalized spacial score (nSPS) is 14.2. The smallest absolute Gasteiger partial charge is 0.115 e. The summed E-state index contributed by atoms with van der Waals surface area (Å²) in [6.07, 6.45) is -1.29. The van der Waals surface area contributed by atoms with Crippen LogP contribution in [0.3, 0.4) is 0 Å². The van der Waals surface area contributed by atoms with Gasteiger partial charge in [0, 0.05) is 12.8 Å². The van der Waals surface area contributed by atoms with E-state index in [2.05, 4.69) is 23.7 Å². The molecular formula is C17H20O3. The van der Waals surface area contributed by atoms with Gasteiger partial charge in [0.15, 0.2) is 0 Å². The van der Waals surface area contributed by atoms with E-state index in [-0.39, 0.29) is 6.42 Å². The molecule has 1 aromatic carbocycles. The summed E-state index contributed by atoms with van der Waals surface area (Å²) >= 11 is 0. The Hall–Kier alpha value is -1.78. The fourth-order valence-corrected chi connectivity index (χ4v) is 1.55. The molecule has 0 saturated carbocycles. The van der Waals surface area contributed by atoms with Gasteiger partial charge in [-0.2, -0.15) is 0 Å². The zero-order valence-corrected chi connectivity index (χ0v) is 11.6. The molecule has 106 valence electrons. The van der Waals surface area contributed by atoms with Crippen LogP contribution in [-0.2, 0) is 6.42 Å². The molecule has 3 nitrogen and oxygen atoms in total. The maximum absolute atomic E-state index is 9.86. The fourth-order valence-electron chi connectivity index (χ4n) is 1.55. The maximum atomic E-state index is 9.86. The summed E-state index contributed by atoms with van der Waals surface area (Å²) in [5, 5.41) is 28.8. The van der Waals surface area contributed by atoms with E-state index in [1.807, 2.05) is 37.3 Å². The highest BCUT2D eigenvalue weighted by atomic mass is 16.3. The monoisotopic (exact) mass is 272 g/mol. The van der Waals surface area contributed by atoms with E-state index in [1.54, 1.807) is 0 Å². The zero-order chi connectivity index (χ0) is 14.8. The Morgan fingerprint density at radius 2 is 1.70 bits per heavy atom. The Kier molecular flexibility index (Phi) is 7.47. The zero-order valence-electron chi connectivity index (χ0n) is 11.6. The van der Waals surface area contributed by atoms with Crippen molar-refractivity contribution >= 4 is 0 Å². The summed E-state index contributed by atoms with van der Waals surface area (Å²) in [6.45, 7) is 1.83. The molecule has 0 unspecified atom stereocenters. The first-order valence-corrected chi connectivity index (χ1v) is 6.70.